The molecule has 0 spiro atoms. The summed E-state index contributed by atoms with van der Waals surface area (Å²) >= 11 is 0. The lowest BCUT2D eigenvalue weighted by atomic mass is 10.1. The highest BCUT2D eigenvalue weighted by Gasteiger charge is 2.28. The third kappa shape index (κ3) is 3.72. The molecule has 5 nitrogen and oxygen atoms in total. The zero-order chi connectivity index (χ0) is 14.8. The Bertz CT molecular complexity index is 652. The van der Waals surface area contributed by atoms with Gasteiger partial charge in [0.1, 0.15) is 11.3 Å². The standard InChI is InChI=1S/C16H20N2O3.ClH/c1-20-12-4-5-13-11(9-21-15(13)7-12)6-16(19)18-8-14(17)10-2-3-10;/h4-5,7,9-10,14H,2-3,6,8,17H2,1H3,(H,18,19);1H. The predicted octanol–water partition coefficient (Wildman–Crippen LogP) is 2.26. The van der Waals surface area contributed by atoms with Crippen molar-refractivity contribution in [2.24, 2.45) is 11.7 Å². The van der Waals surface area contributed by atoms with E-state index in [2.05, 4.69) is 5.32 Å². The fourth-order valence-corrected chi connectivity index (χ4v) is 2.49. The van der Waals surface area contributed by atoms with Crippen LogP contribution in [0.1, 0.15) is 18.4 Å². The van der Waals surface area contributed by atoms with Crippen molar-refractivity contribution in [3.63, 3.8) is 0 Å². The van der Waals surface area contributed by atoms with Crippen LogP contribution in [0.2, 0.25) is 0 Å². The minimum Gasteiger partial charge on any atom is -0.497 e. The SMILES string of the molecule is COc1ccc2c(CC(=O)NCC(N)C3CC3)coc2c1.Cl. The number of nitrogens with one attached hydrogen (secondary N) is 1. The van der Waals surface area contributed by atoms with Crippen molar-refractivity contribution in [2.45, 2.75) is 25.3 Å². The largest absolute Gasteiger partial charge is 0.497 e. The molecule has 1 unspecified atom stereocenters. The predicted molar refractivity (Wildman–Crippen MR) is 87.4 cm³/mol. The molecule has 120 valence electrons. The summed E-state index contributed by atoms with van der Waals surface area (Å²) < 4.78 is 10.6. The highest BCUT2D eigenvalue weighted by molar-refractivity contribution is 5.88. The number of hydrogen-bond donors (Lipinski definition) is 2. The molecule has 1 aliphatic rings. The number of fused-ring (bicyclic) bond motifs is 1. The second kappa shape index (κ2) is 7.03. The van der Waals surface area contributed by atoms with Crippen LogP contribution in [0.25, 0.3) is 11.0 Å². The molecule has 3 rings (SSSR count). The average Bonchev–Trinajstić information content (AvgIpc) is 3.28. The Hall–Kier alpha value is -1.72. The molecular formula is C16H21ClN2O3. The Balaban J connectivity index is 0.00000176. The van der Waals surface area contributed by atoms with Gasteiger partial charge in [0.05, 0.1) is 19.8 Å². The highest BCUT2D eigenvalue weighted by Crippen LogP contribution is 2.31. The molecule has 6 heteroatoms. The molecule has 0 radical (unpaired) electrons. The molecule has 1 amide bonds. The summed E-state index contributed by atoms with van der Waals surface area (Å²) in [5.41, 5.74) is 7.58. The molecule has 1 fully saturated rings. The quantitative estimate of drug-likeness (QED) is 0.854. The number of ether oxygens (including phenoxy) is 1. The zero-order valence-corrected chi connectivity index (χ0v) is 13.3. The molecular weight excluding hydrogens is 304 g/mol. The molecule has 0 saturated heterocycles. The smallest absolute Gasteiger partial charge is 0.224 e. The number of halogens is 1. The lowest BCUT2D eigenvalue weighted by Crippen LogP contribution is -2.39. The van der Waals surface area contributed by atoms with E-state index in [1.807, 2.05) is 18.2 Å². The minimum absolute atomic E-state index is 0. The Morgan fingerprint density at radius 3 is 2.95 bits per heavy atom. The second-order valence-corrected chi connectivity index (χ2v) is 5.61. The van der Waals surface area contributed by atoms with Crippen molar-refractivity contribution in [3.8, 4) is 5.75 Å². The van der Waals surface area contributed by atoms with E-state index in [4.69, 9.17) is 14.9 Å². The first kappa shape index (κ1) is 16.6. The number of nitrogens with two attached hydrogens (primary N) is 1. The van der Waals surface area contributed by atoms with E-state index in [9.17, 15) is 4.79 Å². The summed E-state index contributed by atoms with van der Waals surface area (Å²) in [7, 11) is 1.61. The van der Waals surface area contributed by atoms with Gasteiger partial charge in [-0.1, -0.05) is 0 Å². The number of benzene rings is 1. The number of carbonyl (C=O) groups is 1. The number of furan rings is 1. The van der Waals surface area contributed by atoms with Crippen LogP contribution in [0.4, 0.5) is 0 Å². The molecule has 1 heterocycles. The molecule has 22 heavy (non-hydrogen) atoms. The molecule has 2 aromatic rings. The van der Waals surface area contributed by atoms with Gasteiger partial charge in [0, 0.05) is 29.6 Å². The Kier molecular flexibility index (Phi) is 5.32. The van der Waals surface area contributed by atoms with Crippen molar-refractivity contribution < 1.29 is 13.9 Å². The van der Waals surface area contributed by atoms with Crippen LogP contribution < -0.4 is 15.8 Å². The molecule has 1 aliphatic carbocycles. The summed E-state index contributed by atoms with van der Waals surface area (Å²) in [4.78, 5) is 12.0. The number of methoxy groups -OCH3 is 1. The molecule has 0 bridgehead atoms. The van der Waals surface area contributed by atoms with Gasteiger partial charge in [-0.2, -0.15) is 0 Å². The monoisotopic (exact) mass is 324 g/mol. The van der Waals surface area contributed by atoms with Gasteiger partial charge in [-0.15, -0.1) is 12.4 Å². The van der Waals surface area contributed by atoms with E-state index in [1.54, 1.807) is 13.4 Å². The van der Waals surface area contributed by atoms with Crippen molar-refractivity contribution in [2.75, 3.05) is 13.7 Å². The molecule has 0 aliphatic heterocycles. The molecule has 1 aromatic carbocycles. The topological polar surface area (TPSA) is 77.5 Å². The summed E-state index contributed by atoms with van der Waals surface area (Å²) in [5.74, 6) is 1.31. The normalized spacial score (nSPS) is 15.2. The van der Waals surface area contributed by atoms with Crippen LogP contribution in [0.3, 0.4) is 0 Å². The average molecular weight is 325 g/mol. The molecule has 1 saturated carbocycles. The number of amides is 1. The van der Waals surface area contributed by atoms with Gasteiger partial charge >= 0.3 is 0 Å². The van der Waals surface area contributed by atoms with Crippen LogP contribution in [0.5, 0.6) is 5.75 Å². The molecule has 1 aromatic heterocycles. The highest BCUT2D eigenvalue weighted by atomic mass is 35.5. The first-order chi connectivity index (χ1) is 10.2. The molecule has 3 N–H and O–H groups in total. The summed E-state index contributed by atoms with van der Waals surface area (Å²) in [5, 5.41) is 3.84. The van der Waals surface area contributed by atoms with Crippen molar-refractivity contribution in [1.82, 2.24) is 5.32 Å². The van der Waals surface area contributed by atoms with Gasteiger partial charge in [-0.3, -0.25) is 4.79 Å². The van der Waals surface area contributed by atoms with E-state index < -0.39 is 0 Å². The molecule has 1 atom stereocenters. The maximum atomic E-state index is 12.0. The van der Waals surface area contributed by atoms with E-state index >= 15 is 0 Å². The van der Waals surface area contributed by atoms with Gasteiger partial charge in [-0.05, 0) is 30.9 Å². The van der Waals surface area contributed by atoms with Crippen LogP contribution in [-0.4, -0.2) is 25.6 Å². The summed E-state index contributed by atoms with van der Waals surface area (Å²) in [6, 6.07) is 5.68. The third-order valence-electron chi connectivity index (χ3n) is 3.98. The maximum absolute atomic E-state index is 12.0. The first-order valence-electron chi connectivity index (χ1n) is 7.24. The van der Waals surface area contributed by atoms with Gasteiger partial charge in [0.25, 0.3) is 0 Å². The Morgan fingerprint density at radius 2 is 2.27 bits per heavy atom. The van der Waals surface area contributed by atoms with Gasteiger partial charge < -0.3 is 20.2 Å². The lowest BCUT2D eigenvalue weighted by Gasteiger charge is -2.11. The zero-order valence-electron chi connectivity index (χ0n) is 12.5. The van der Waals surface area contributed by atoms with E-state index in [1.165, 1.54) is 12.8 Å². The van der Waals surface area contributed by atoms with Crippen molar-refractivity contribution >= 4 is 29.3 Å². The van der Waals surface area contributed by atoms with Crippen molar-refractivity contribution in [1.29, 1.82) is 0 Å². The summed E-state index contributed by atoms with van der Waals surface area (Å²) in [6.45, 7) is 0.549. The second-order valence-electron chi connectivity index (χ2n) is 5.61. The van der Waals surface area contributed by atoms with Crippen LogP contribution in [-0.2, 0) is 11.2 Å². The lowest BCUT2D eigenvalue weighted by molar-refractivity contribution is -0.120. The maximum Gasteiger partial charge on any atom is 0.224 e. The summed E-state index contributed by atoms with van der Waals surface area (Å²) in [6.07, 6.45) is 4.30. The minimum atomic E-state index is -0.0235. The fourth-order valence-electron chi connectivity index (χ4n) is 2.49. The van der Waals surface area contributed by atoms with Gasteiger partial charge in [0.15, 0.2) is 0 Å². The fraction of sp³-hybridized carbons (Fsp3) is 0.438. The van der Waals surface area contributed by atoms with Crippen molar-refractivity contribution in [3.05, 3.63) is 30.0 Å². The van der Waals surface area contributed by atoms with Crippen LogP contribution in [0, 0.1) is 5.92 Å². The van der Waals surface area contributed by atoms with Gasteiger partial charge in [-0.25, -0.2) is 0 Å². The van der Waals surface area contributed by atoms with E-state index in [0.717, 1.165) is 22.3 Å². The van der Waals surface area contributed by atoms with Crippen LogP contribution >= 0.6 is 12.4 Å². The van der Waals surface area contributed by atoms with E-state index in [-0.39, 0.29) is 24.4 Å². The number of rotatable bonds is 6. The number of carbonyl (C=O) groups excluding carboxylic acids is 1. The third-order valence-corrected chi connectivity index (χ3v) is 3.98. The van der Waals surface area contributed by atoms with Gasteiger partial charge in [0.2, 0.25) is 5.91 Å². The number of hydrogen-bond acceptors (Lipinski definition) is 4. The Labute approximate surface area is 135 Å². The van der Waals surface area contributed by atoms with E-state index in [0.29, 0.717) is 18.9 Å². The Morgan fingerprint density at radius 1 is 1.50 bits per heavy atom. The first-order valence-corrected chi connectivity index (χ1v) is 7.24. The van der Waals surface area contributed by atoms with Crippen LogP contribution in [0.15, 0.2) is 28.9 Å².